The van der Waals surface area contributed by atoms with Gasteiger partial charge < -0.3 is 11.1 Å². The molecular weight excluding hydrogens is 354 g/mol. The molecule has 0 spiro atoms. The molecule has 0 saturated heterocycles. The van der Waals surface area contributed by atoms with Gasteiger partial charge in [0.1, 0.15) is 5.00 Å². The number of aryl methyl sites for hydroxylation is 1. The third-order valence-corrected chi connectivity index (χ3v) is 7.37. The number of primary amides is 1. The number of nitrogens with one attached hydrogen (secondary N) is 1. The van der Waals surface area contributed by atoms with Crippen LogP contribution in [0.25, 0.3) is 0 Å². The Labute approximate surface area is 154 Å². The fourth-order valence-corrected chi connectivity index (χ4v) is 6.15. The summed E-state index contributed by atoms with van der Waals surface area (Å²) in [6.07, 6.45) is 3.90. The molecule has 2 aliphatic rings. The van der Waals surface area contributed by atoms with Crippen LogP contribution < -0.4 is 11.1 Å². The molecule has 2 aromatic rings. The van der Waals surface area contributed by atoms with E-state index in [-0.39, 0.29) is 11.9 Å². The first-order valence-electron chi connectivity index (χ1n) is 8.59. The smallest absolute Gasteiger partial charge is 0.251 e. The van der Waals surface area contributed by atoms with E-state index in [0.29, 0.717) is 17.1 Å². The van der Waals surface area contributed by atoms with Crippen molar-refractivity contribution in [3.63, 3.8) is 0 Å². The number of thiophene rings is 2. The summed E-state index contributed by atoms with van der Waals surface area (Å²) in [5.41, 5.74) is 8.46. The minimum atomic E-state index is -0.441. The van der Waals surface area contributed by atoms with Crippen molar-refractivity contribution in [1.29, 1.82) is 0 Å². The van der Waals surface area contributed by atoms with Gasteiger partial charge in [-0.2, -0.15) is 0 Å². The van der Waals surface area contributed by atoms with Crippen LogP contribution in [0, 0.1) is 0 Å². The van der Waals surface area contributed by atoms with E-state index in [1.807, 2.05) is 0 Å². The number of hydrogen-bond acceptors (Lipinski definition) is 5. The third kappa shape index (κ3) is 3.01. The second-order valence-electron chi connectivity index (χ2n) is 6.67. The molecule has 2 aromatic heterocycles. The first-order valence-corrected chi connectivity index (χ1v) is 10.3. The number of amides is 2. The molecule has 3 heterocycles. The van der Waals surface area contributed by atoms with Crippen molar-refractivity contribution >= 4 is 39.5 Å². The maximum absolute atomic E-state index is 12.6. The molecule has 1 atom stereocenters. The fraction of sp³-hybridized carbons (Fsp3) is 0.444. The quantitative estimate of drug-likeness (QED) is 0.863. The Morgan fingerprint density at radius 3 is 2.96 bits per heavy atom. The van der Waals surface area contributed by atoms with E-state index >= 15 is 0 Å². The van der Waals surface area contributed by atoms with Crippen LogP contribution in [0.15, 0.2) is 11.4 Å². The lowest BCUT2D eigenvalue weighted by Crippen LogP contribution is -2.39. The number of anilines is 1. The summed E-state index contributed by atoms with van der Waals surface area (Å²) in [5.74, 6) is -0.517. The van der Waals surface area contributed by atoms with Crippen LogP contribution >= 0.6 is 22.7 Å². The maximum Gasteiger partial charge on any atom is 0.251 e. The van der Waals surface area contributed by atoms with Gasteiger partial charge in [-0.1, -0.05) is 0 Å². The van der Waals surface area contributed by atoms with E-state index in [4.69, 9.17) is 5.73 Å². The molecule has 4 rings (SSSR count). The topological polar surface area (TPSA) is 75.4 Å². The largest absolute Gasteiger partial charge is 0.365 e. The van der Waals surface area contributed by atoms with E-state index in [1.165, 1.54) is 26.7 Å². The first-order chi connectivity index (χ1) is 12.0. The third-order valence-electron chi connectivity index (χ3n) is 5.17. The highest BCUT2D eigenvalue weighted by atomic mass is 32.1. The number of nitrogens with zero attached hydrogens (tertiary/aromatic N) is 1. The van der Waals surface area contributed by atoms with Crippen molar-refractivity contribution in [3.8, 4) is 0 Å². The van der Waals surface area contributed by atoms with Crippen LogP contribution in [0.1, 0.15) is 50.6 Å². The molecule has 0 aromatic carbocycles. The van der Waals surface area contributed by atoms with Crippen LogP contribution in [-0.4, -0.2) is 29.8 Å². The average molecular weight is 376 g/mol. The van der Waals surface area contributed by atoms with Gasteiger partial charge in [-0.3, -0.25) is 14.5 Å². The molecule has 0 saturated carbocycles. The zero-order chi connectivity index (χ0) is 17.6. The summed E-state index contributed by atoms with van der Waals surface area (Å²) in [4.78, 5) is 29.2. The Bertz CT molecular complexity index is 839. The summed E-state index contributed by atoms with van der Waals surface area (Å²) >= 11 is 3.30. The van der Waals surface area contributed by atoms with Crippen LogP contribution in [-0.2, 0) is 24.1 Å². The van der Waals surface area contributed by atoms with Crippen LogP contribution in [0.5, 0.6) is 0 Å². The van der Waals surface area contributed by atoms with Crippen molar-refractivity contribution in [1.82, 2.24) is 4.90 Å². The second kappa shape index (κ2) is 6.55. The zero-order valence-corrected chi connectivity index (χ0v) is 15.8. The Balaban J connectivity index is 1.48. The van der Waals surface area contributed by atoms with Crippen LogP contribution in [0.4, 0.5) is 5.00 Å². The average Bonchev–Trinajstić information content (AvgIpc) is 3.24. The predicted molar refractivity (Wildman–Crippen MR) is 102 cm³/mol. The Hall–Kier alpha value is -1.70. The molecule has 25 heavy (non-hydrogen) atoms. The van der Waals surface area contributed by atoms with Gasteiger partial charge in [0.2, 0.25) is 5.91 Å². The van der Waals surface area contributed by atoms with Crippen molar-refractivity contribution in [2.75, 3.05) is 18.4 Å². The van der Waals surface area contributed by atoms with Gasteiger partial charge in [0.05, 0.1) is 12.1 Å². The number of rotatable bonds is 4. The molecule has 0 bridgehead atoms. The van der Waals surface area contributed by atoms with E-state index in [2.05, 4.69) is 28.6 Å². The van der Waals surface area contributed by atoms with Crippen molar-refractivity contribution in [2.45, 2.75) is 38.6 Å². The highest BCUT2D eigenvalue weighted by Crippen LogP contribution is 2.39. The summed E-state index contributed by atoms with van der Waals surface area (Å²) in [6, 6.07) is 2.40. The lowest BCUT2D eigenvalue weighted by molar-refractivity contribution is -0.117. The highest BCUT2D eigenvalue weighted by Gasteiger charge is 2.29. The van der Waals surface area contributed by atoms with Crippen molar-refractivity contribution < 1.29 is 9.59 Å². The monoisotopic (exact) mass is 375 g/mol. The highest BCUT2D eigenvalue weighted by molar-refractivity contribution is 7.17. The van der Waals surface area contributed by atoms with Gasteiger partial charge in [0, 0.05) is 22.3 Å². The molecule has 0 unspecified atom stereocenters. The van der Waals surface area contributed by atoms with E-state index in [0.717, 1.165) is 37.8 Å². The molecule has 7 heteroatoms. The molecule has 0 fully saturated rings. The second-order valence-corrected chi connectivity index (χ2v) is 8.78. The van der Waals surface area contributed by atoms with Crippen molar-refractivity contribution in [3.05, 3.63) is 37.9 Å². The molecular formula is C18H21N3O2S2. The molecule has 1 aliphatic heterocycles. The van der Waals surface area contributed by atoms with Crippen LogP contribution in [0.2, 0.25) is 0 Å². The Kier molecular flexibility index (Phi) is 4.39. The fourth-order valence-electron chi connectivity index (χ4n) is 3.88. The zero-order valence-electron chi connectivity index (χ0n) is 14.1. The van der Waals surface area contributed by atoms with Crippen LogP contribution in [0.3, 0.4) is 0 Å². The van der Waals surface area contributed by atoms with Crippen molar-refractivity contribution in [2.24, 2.45) is 5.73 Å². The minimum Gasteiger partial charge on any atom is -0.365 e. The van der Waals surface area contributed by atoms with Gasteiger partial charge in [-0.25, -0.2) is 0 Å². The van der Waals surface area contributed by atoms with E-state index < -0.39 is 5.91 Å². The summed E-state index contributed by atoms with van der Waals surface area (Å²) in [7, 11) is 0. The van der Waals surface area contributed by atoms with Gasteiger partial charge in [0.25, 0.3) is 5.91 Å². The first kappa shape index (κ1) is 16.8. The minimum absolute atomic E-state index is 0.0760. The van der Waals surface area contributed by atoms with Gasteiger partial charge >= 0.3 is 0 Å². The van der Waals surface area contributed by atoms with Gasteiger partial charge in [0.15, 0.2) is 0 Å². The predicted octanol–water partition coefficient (Wildman–Crippen LogP) is 2.96. The normalized spacial score (nSPS) is 19.5. The summed E-state index contributed by atoms with van der Waals surface area (Å²) in [5, 5.41) is 5.70. The summed E-state index contributed by atoms with van der Waals surface area (Å²) < 4.78 is 0. The molecule has 1 aliphatic carbocycles. The Morgan fingerprint density at radius 1 is 1.32 bits per heavy atom. The number of hydrogen-bond donors (Lipinski definition) is 2. The number of nitrogens with two attached hydrogens (primary N) is 1. The number of carbonyl (C=O) groups is 2. The lowest BCUT2D eigenvalue weighted by Gasteiger charge is -2.32. The van der Waals surface area contributed by atoms with Gasteiger partial charge in [-0.05, 0) is 55.2 Å². The van der Waals surface area contributed by atoms with E-state index in [9.17, 15) is 9.59 Å². The molecule has 3 N–H and O–H groups in total. The summed E-state index contributed by atoms with van der Waals surface area (Å²) in [6.45, 7) is 3.36. The molecule has 132 valence electrons. The molecule has 0 radical (unpaired) electrons. The molecule has 2 amide bonds. The maximum atomic E-state index is 12.6. The lowest BCUT2D eigenvalue weighted by atomic mass is 10.0. The standard InChI is InChI=1S/C18H21N3O2S2/c1-10-11-6-8-24-13(11)5-7-21(10)9-15(22)20-18-16(17(19)23)12-3-2-4-14(12)25-18/h6,8,10H,2-5,7,9H2,1H3,(H2,19,23)(H,20,22)/t10-/m0/s1. The Morgan fingerprint density at radius 2 is 2.16 bits per heavy atom. The van der Waals surface area contributed by atoms with Gasteiger partial charge in [-0.15, -0.1) is 22.7 Å². The SMILES string of the molecule is C[C@H]1c2ccsc2CCN1CC(=O)Nc1sc2c(c1C(N)=O)CCC2. The van der Waals surface area contributed by atoms with E-state index in [1.54, 1.807) is 11.3 Å². The molecule has 5 nitrogen and oxygen atoms in total. The number of carbonyl (C=O) groups excluding carboxylic acids is 2. The number of fused-ring (bicyclic) bond motifs is 2.